The van der Waals surface area contributed by atoms with Gasteiger partial charge in [0.1, 0.15) is 0 Å². The van der Waals surface area contributed by atoms with E-state index in [1.807, 2.05) is 60.6 Å². The number of carbonyl (C=O) groups excluding carboxylic acids is 2. The summed E-state index contributed by atoms with van der Waals surface area (Å²) < 4.78 is 10.4. The Morgan fingerprint density at radius 3 is 2.64 bits per heavy atom. The van der Waals surface area contributed by atoms with E-state index in [9.17, 15) is 9.59 Å². The molecule has 0 saturated carbocycles. The second-order valence-corrected chi connectivity index (χ2v) is 8.14. The minimum atomic E-state index is -0.191. The summed E-state index contributed by atoms with van der Waals surface area (Å²) in [7, 11) is 0. The number of benzene rings is 2. The molecule has 0 atom stereocenters. The lowest BCUT2D eigenvalue weighted by atomic mass is 9.99. The highest BCUT2D eigenvalue weighted by molar-refractivity contribution is 6.04. The van der Waals surface area contributed by atoms with Crippen LogP contribution in [-0.4, -0.2) is 74.0 Å². The van der Waals surface area contributed by atoms with Gasteiger partial charge in [0.25, 0.3) is 5.91 Å². The fourth-order valence-electron chi connectivity index (χ4n) is 3.95. The number of anilines is 1. The van der Waals surface area contributed by atoms with E-state index >= 15 is 0 Å². The summed E-state index contributed by atoms with van der Waals surface area (Å²) in [4.78, 5) is 26.5. The van der Waals surface area contributed by atoms with Crippen LogP contribution in [0.4, 0.5) is 5.69 Å². The van der Waals surface area contributed by atoms with Crippen molar-refractivity contribution in [2.45, 2.75) is 19.9 Å². The third kappa shape index (κ3) is 6.40. The molecule has 1 N–H and O–H groups in total. The molecule has 1 saturated heterocycles. The van der Waals surface area contributed by atoms with Crippen LogP contribution in [0.3, 0.4) is 0 Å². The zero-order valence-corrected chi connectivity index (χ0v) is 19.0. The predicted molar refractivity (Wildman–Crippen MR) is 126 cm³/mol. The molecule has 174 valence electrons. The average Bonchev–Trinajstić information content (AvgIpc) is 2.84. The lowest BCUT2D eigenvalue weighted by molar-refractivity contribution is -0.144. The molecule has 2 heterocycles. The SMILES string of the molecule is CCOC(=O)CN1CCc2cc(NC(=O)c3ccc(C=NN4CCOCC4)cc3)ccc2C1. The summed E-state index contributed by atoms with van der Waals surface area (Å²) in [5, 5.41) is 9.44. The van der Waals surface area contributed by atoms with E-state index in [1.54, 1.807) is 0 Å². The highest BCUT2D eigenvalue weighted by Gasteiger charge is 2.19. The van der Waals surface area contributed by atoms with Crippen LogP contribution >= 0.6 is 0 Å². The number of hydrogen-bond acceptors (Lipinski definition) is 7. The van der Waals surface area contributed by atoms with Gasteiger partial charge in [0.2, 0.25) is 0 Å². The van der Waals surface area contributed by atoms with E-state index in [4.69, 9.17) is 9.47 Å². The molecule has 8 nitrogen and oxygen atoms in total. The standard InChI is InChI=1S/C25H30N4O4/c1-2-33-24(30)18-28-10-9-21-15-23(8-7-22(21)17-28)27-25(31)20-5-3-19(4-6-20)16-26-29-11-13-32-14-12-29/h3-8,15-16H,2,9-14,17-18H2,1H3,(H,27,31). The molecule has 33 heavy (non-hydrogen) atoms. The maximum absolute atomic E-state index is 12.7. The number of hydrazone groups is 1. The molecule has 0 radical (unpaired) electrons. The molecule has 0 spiro atoms. The van der Waals surface area contributed by atoms with Crippen molar-refractivity contribution < 1.29 is 19.1 Å². The lowest BCUT2D eigenvalue weighted by Gasteiger charge is -2.28. The first-order valence-corrected chi connectivity index (χ1v) is 11.4. The zero-order valence-electron chi connectivity index (χ0n) is 19.0. The van der Waals surface area contributed by atoms with Crippen LogP contribution in [0.5, 0.6) is 0 Å². The molecule has 2 aliphatic rings. The van der Waals surface area contributed by atoms with Gasteiger partial charge in [-0.3, -0.25) is 19.5 Å². The van der Waals surface area contributed by atoms with E-state index in [-0.39, 0.29) is 11.9 Å². The number of nitrogens with zero attached hydrogens (tertiary/aromatic N) is 3. The molecule has 1 amide bonds. The topological polar surface area (TPSA) is 83.5 Å². The number of morpholine rings is 1. The van der Waals surface area contributed by atoms with Crippen LogP contribution < -0.4 is 5.32 Å². The summed E-state index contributed by atoms with van der Waals surface area (Å²) in [6.07, 6.45) is 2.64. The van der Waals surface area contributed by atoms with E-state index in [0.717, 1.165) is 37.3 Å². The van der Waals surface area contributed by atoms with Crippen molar-refractivity contribution in [2.75, 3.05) is 51.3 Å². The summed E-state index contributed by atoms with van der Waals surface area (Å²) >= 11 is 0. The molecule has 0 aromatic heterocycles. The third-order valence-electron chi connectivity index (χ3n) is 5.74. The second-order valence-electron chi connectivity index (χ2n) is 8.14. The smallest absolute Gasteiger partial charge is 0.320 e. The summed E-state index contributed by atoms with van der Waals surface area (Å²) in [6, 6.07) is 13.4. The van der Waals surface area contributed by atoms with Gasteiger partial charge in [0.15, 0.2) is 0 Å². The van der Waals surface area contributed by atoms with Crippen molar-refractivity contribution in [2.24, 2.45) is 5.10 Å². The van der Waals surface area contributed by atoms with Crippen LogP contribution in [-0.2, 0) is 27.2 Å². The van der Waals surface area contributed by atoms with Gasteiger partial charge in [0, 0.05) is 24.3 Å². The Hall–Kier alpha value is -3.23. The van der Waals surface area contributed by atoms with Crippen LogP contribution in [0.2, 0.25) is 0 Å². The van der Waals surface area contributed by atoms with Crippen molar-refractivity contribution in [3.63, 3.8) is 0 Å². The van der Waals surface area contributed by atoms with Crippen molar-refractivity contribution in [1.82, 2.24) is 9.91 Å². The van der Waals surface area contributed by atoms with Gasteiger partial charge in [-0.05, 0) is 54.3 Å². The van der Waals surface area contributed by atoms with Crippen molar-refractivity contribution >= 4 is 23.8 Å². The van der Waals surface area contributed by atoms with Gasteiger partial charge in [-0.2, -0.15) is 5.10 Å². The molecule has 0 unspecified atom stereocenters. The van der Waals surface area contributed by atoms with Crippen molar-refractivity contribution in [1.29, 1.82) is 0 Å². The molecule has 2 aliphatic heterocycles. The van der Waals surface area contributed by atoms with E-state index in [2.05, 4.69) is 15.3 Å². The third-order valence-corrected chi connectivity index (χ3v) is 5.74. The maximum atomic E-state index is 12.7. The lowest BCUT2D eigenvalue weighted by Crippen LogP contribution is -2.35. The number of fused-ring (bicyclic) bond motifs is 1. The number of carbonyl (C=O) groups is 2. The number of nitrogens with one attached hydrogen (secondary N) is 1. The summed E-state index contributed by atoms with van der Waals surface area (Å²) in [6.45, 7) is 7.00. The molecule has 1 fully saturated rings. The number of ether oxygens (including phenoxy) is 2. The molecular formula is C25H30N4O4. The van der Waals surface area contributed by atoms with Gasteiger partial charge in [-0.1, -0.05) is 18.2 Å². The first-order valence-electron chi connectivity index (χ1n) is 11.4. The van der Waals surface area contributed by atoms with Gasteiger partial charge in [0.05, 0.1) is 45.7 Å². The minimum absolute atomic E-state index is 0.147. The van der Waals surface area contributed by atoms with E-state index in [1.165, 1.54) is 11.1 Å². The predicted octanol–water partition coefficient (Wildman–Crippen LogP) is 2.53. The average molecular weight is 451 g/mol. The Labute approximate surface area is 194 Å². The quantitative estimate of drug-likeness (QED) is 0.516. The number of esters is 1. The molecule has 2 aromatic rings. The van der Waals surface area contributed by atoms with Gasteiger partial charge >= 0.3 is 5.97 Å². The maximum Gasteiger partial charge on any atom is 0.320 e. The van der Waals surface area contributed by atoms with Gasteiger partial charge in [-0.15, -0.1) is 0 Å². The molecular weight excluding hydrogens is 420 g/mol. The largest absolute Gasteiger partial charge is 0.465 e. The van der Waals surface area contributed by atoms with E-state index in [0.29, 0.717) is 38.5 Å². The molecule has 0 bridgehead atoms. The van der Waals surface area contributed by atoms with Gasteiger partial charge < -0.3 is 14.8 Å². The van der Waals surface area contributed by atoms with E-state index < -0.39 is 0 Å². The first-order chi connectivity index (χ1) is 16.1. The van der Waals surface area contributed by atoms with Crippen LogP contribution in [0.25, 0.3) is 0 Å². The van der Waals surface area contributed by atoms with Crippen LogP contribution in [0.1, 0.15) is 34.0 Å². The first kappa shape index (κ1) is 22.9. The van der Waals surface area contributed by atoms with Crippen LogP contribution in [0, 0.1) is 0 Å². The highest BCUT2D eigenvalue weighted by Crippen LogP contribution is 2.23. The minimum Gasteiger partial charge on any atom is -0.465 e. The Bertz CT molecular complexity index is 1000. The Morgan fingerprint density at radius 2 is 1.88 bits per heavy atom. The zero-order chi connectivity index (χ0) is 23.0. The summed E-state index contributed by atoms with van der Waals surface area (Å²) in [5.74, 6) is -0.338. The Morgan fingerprint density at radius 1 is 1.09 bits per heavy atom. The number of rotatable bonds is 7. The van der Waals surface area contributed by atoms with Gasteiger partial charge in [-0.25, -0.2) is 0 Å². The fourth-order valence-corrected chi connectivity index (χ4v) is 3.95. The number of hydrogen-bond donors (Lipinski definition) is 1. The normalized spacial score (nSPS) is 16.5. The number of amides is 1. The monoisotopic (exact) mass is 450 g/mol. The molecule has 0 aliphatic carbocycles. The molecule has 8 heteroatoms. The Balaban J connectivity index is 1.32. The van der Waals surface area contributed by atoms with Crippen LogP contribution in [0.15, 0.2) is 47.6 Å². The van der Waals surface area contributed by atoms with Crippen molar-refractivity contribution in [3.05, 3.63) is 64.7 Å². The second kappa shape index (κ2) is 11.1. The highest BCUT2D eigenvalue weighted by atomic mass is 16.5. The summed E-state index contributed by atoms with van der Waals surface area (Å²) in [5.41, 5.74) is 4.68. The Kier molecular flexibility index (Phi) is 7.70. The fraction of sp³-hybridized carbons (Fsp3) is 0.400. The van der Waals surface area contributed by atoms with Crippen molar-refractivity contribution in [3.8, 4) is 0 Å². The molecule has 4 rings (SSSR count). The molecule has 2 aromatic carbocycles.